The summed E-state index contributed by atoms with van der Waals surface area (Å²) in [5, 5.41) is 2.85. The van der Waals surface area contributed by atoms with Gasteiger partial charge in [-0.3, -0.25) is 14.5 Å². The van der Waals surface area contributed by atoms with Crippen molar-refractivity contribution >= 4 is 11.7 Å². The molecule has 1 aromatic carbocycles. The molecule has 20 heavy (non-hydrogen) atoms. The molecule has 108 valence electrons. The Labute approximate surface area is 120 Å². The largest absolute Gasteiger partial charge is 0.345 e. The molecule has 1 aromatic rings. The van der Waals surface area contributed by atoms with E-state index < -0.39 is 0 Å². The molecule has 0 aromatic heterocycles. The number of carbonyl (C=O) groups is 2. The van der Waals surface area contributed by atoms with Gasteiger partial charge in [0.25, 0.3) is 0 Å². The lowest BCUT2D eigenvalue weighted by atomic mass is 10.0. The van der Waals surface area contributed by atoms with Crippen molar-refractivity contribution in [2.75, 3.05) is 13.1 Å². The summed E-state index contributed by atoms with van der Waals surface area (Å²) in [5.41, 5.74) is 1.12. The lowest BCUT2D eigenvalue weighted by molar-refractivity contribution is -0.125. The lowest BCUT2D eigenvalue weighted by Crippen LogP contribution is -2.40. The Kier molecular flexibility index (Phi) is 4.90. The van der Waals surface area contributed by atoms with E-state index in [-0.39, 0.29) is 24.3 Å². The third kappa shape index (κ3) is 4.17. The molecule has 0 saturated carbocycles. The molecule has 0 spiro atoms. The second kappa shape index (κ2) is 6.66. The molecular weight excluding hydrogens is 252 g/mol. The molecule has 0 aliphatic carbocycles. The first-order valence-electron chi connectivity index (χ1n) is 7.13. The van der Waals surface area contributed by atoms with Gasteiger partial charge in [0.05, 0.1) is 19.1 Å². The summed E-state index contributed by atoms with van der Waals surface area (Å²) >= 11 is 0. The number of hydrogen-bond acceptors (Lipinski definition) is 3. The first-order valence-corrected chi connectivity index (χ1v) is 7.13. The van der Waals surface area contributed by atoms with Crippen molar-refractivity contribution in [1.29, 1.82) is 0 Å². The number of Topliss-reactive ketones (excluding diaryl/α,β-unsaturated/α-hetero) is 1. The van der Waals surface area contributed by atoms with Gasteiger partial charge in [-0.25, -0.2) is 0 Å². The van der Waals surface area contributed by atoms with E-state index in [1.807, 2.05) is 35.2 Å². The van der Waals surface area contributed by atoms with Gasteiger partial charge >= 0.3 is 0 Å². The average molecular weight is 274 g/mol. The van der Waals surface area contributed by atoms with Gasteiger partial charge in [0.15, 0.2) is 5.78 Å². The quantitative estimate of drug-likeness (QED) is 0.907. The summed E-state index contributed by atoms with van der Waals surface area (Å²) in [4.78, 5) is 26.1. The summed E-state index contributed by atoms with van der Waals surface area (Å²) < 4.78 is 0. The van der Waals surface area contributed by atoms with Crippen LogP contribution in [0.2, 0.25) is 0 Å². The zero-order valence-corrected chi connectivity index (χ0v) is 12.1. The van der Waals surface area contributed by atoms with E-state index in [2.05, 4.69) is 19.2 Å². The van der Waals surface area contributed by atoms with Crippen LogP contribution >= 0.6 is 0 Å². The minimum atomic E-state index is -0.330. The molecule has 2 rings (SSSR count). The van der Waals surface area contributed by atoms with Gasteiger partial charge in [-0.2, -0.15) is 0 Å². The van der Waals surface area contributed by atoms with Crippen LogP contribution in [-0.4, -0.2) is 35.7 Å². The molecule has 0 bridgehead atoms. The van der Waals surface area contributed by atoms with Crippen molar-refractivity contribution in [3.05, 3.63) is 35.9 Å². The van der Waals surface area contributed by atoms with E-state index in [1.165, 1.54) is 0 Å². The molecule has 1 fully saturated rings. The summed E-state index contributed by atoms with van der Waals surface area (Å²) in [6.45, 7) is 5.38. The standard InChI is InChI=1S/C16H22N2O2/c1-12(2)8-14-15(19)10-18(11-16(20)17-14)9-13-6-4-3-5-7-13/h3-7,12,14H,8-11H2,1-2H3,(H,17,20)/t14-/m1/s1. The second-order valence-electron chi connectivity index (χ2n) is 5.85. The van der Waals surface area contributed by atoms with Crippen LogP contribution in [0.3, 0.4) is 0 Å². The van der Waals surface area contributed by atoms with E-state index >= 15 is 0 Å². The van der Waals surface area contributed by atoms with Crippen molar-refractivity contribution < 1.29 is 9.59 Å². The first kappa shape index (κ1) is 14.7. The molecule has 1 aliphatic heterocycles. The molecule has 4 heteroatoms. The fraction of sp³-hybridized carbons (Fsp3) is 0.500. The molecule has 4 nitrogen and oxygen atoms in total. The highest BCUT2D eigenvalue weighted by molar-refractivity contribution is 5.93. The fourth-order valence-corrected chi connectivity index (χ4v) is 2.53. The maximum Gasteiger partial charge on any atom is 0.234 e. The first-order chi connectivity index (χ1) is 9.54. The topological polar surface area (TPSA) is 49.4 Å². The van der Waals surface area contributed by atoms with Crippen LogP contribution in [0.15, 0.2) is 30.3 Å². The van der Waals surface area contributed by atoms with E-state index in [9.17, 15) is 9.59 Å². The summed E-state index contributed by atoms with van der Waals surface area (Å²) in [6.07, 6.45) is 0.712. The molecule has 1 atom stereocenters. The Hall–Kier alpha value is -1.68. The maximum absolute atomic E-state index is 12.2. The number of nitrogens with zero attached hydrogens (tertiary/aromatic N) is 1. The van der Waals surface area contributed by atoms with Crippen LogP contribution in [0, 0.1) is 5.92 Å². The Bertz CT molecular complexity index is 471. The average Bonchev–Trinajstić information content (AvgIpc) is 2.49. The normalized spacial score (nSPS) is 20.9. The summed E-state index contributed by atoms with van der Waals surface area (Å²) in [7, 11) is 0. The maximum atomic E-state index is 12.2. The summed E-state index contributed by atoms with van der Waals surface area (Å²) in [6, 6.07) is 9.59. The van der Waals surface area contributed by atoms with Crippen LogP contribution in [0.25, 0.3) is 0 Å². The number of amides is 1. The third-order valence-corrected chi connectivity index (χ3v) is 3.43. The molecule has 1 N–H and O–H groups in total. The molecule has 1 amide bonds. The number of rotatable bonds is 4. The van der Waals surface area contributed by atoms with Crippen LogP contribution in [0.1, 0.15) is 25.8 Å². The molecule has 0 unspecified atom stereocenters. The molecule has 0 radical (unpaired) electrons. The zero-order chi connectivity index (χ0) is 14.5. The van der Waals surface area contributed by atoms with Crippen molar-refractivity contribution in [2.45, 2.75) is 32.9 Å². The number of hydrogen-bond donors (Lipinski definition) is 1. The number of benzene rings is 1. The van der Waals surface area contributed by atoms with Gasteiger partial charge in [0.2, 0.25) is 5.91 Å². The Morgan fingerprint density at radius 3 is 2.55 bits per heavy atom. The van der Waals surface area contributed by atoms with Gasteiger partial charge < -0.3 is 5.32 Å². The second-order valence-corrected chi connectivity index (χ2v) is 5.85. The van der Waals surface area contributed by atoms with Crippen molar-refractivity contribution in [3.63, 3.8) is 0 Å². The Balaban J connectivity index is 2.03. The predicted octanol–water partition coefficient (Wildman–Crippen LogP) is 1.60. The minimum Gasteiger partial charge on any atom is -0.345 e. The van der Waals surface area contributed by atoms with Crippen molar-refractivity contribution in [3.8, 4) is 0 Å². The monoisotopic (exact) mass is 274 g/mol. The Morgan fingerprint density at radius 2 is 1.90 bits per heavy atom. The smallest absolute Gasteiger partial charge is 0.234 e. The van der Waals surface area contributed by atoms with Gasteiger partial charge in [-0.05, 0) is 17.9 Å². The fourth-order valence-electron chi connectivity index (χ4n) is 2.53. The van der Waals surface area contributed by atoms with Gasteiger partial charge in [0.1, 0.15) is 0 Å². The van der Waals surface area contributed by atoms with Crippen LogP contribution in [-0.2, 0) is 16.1 Å². The van der Waals surface area contributed by atoms with Gasteiger partial charge in [0, 0.05) is 6.54 Å². The van der Waals surface area contributed by atoms with Gasteiger partial charge in [-0.15, -0.1) is 0 Å². The third-order valence-electron chi connectivity index (χ3n) is 3.43. The molecule has 1 heterocycles. The highest BCUT2D eigenvalue weighted by Gasteiger charge is 2.28. The number of carbonyl (C=O) groups excluding carboxylic acids is 2. The highest BCUT2D eigenvalue weighted by atomic mass is 16.2. The van der Waals surface area contributed by atoms with E-state index in [1.54, 1.807) is 0 Å². The minimum absolute atomic E-state index is 0.0579. The van der Waals surface area contributed by atoms with Crippen LogP contribution < -0.4 is 5.32 Å². The van der Waals surface area contributed by atoms with Gasteiger partial charge in [-0.1, -0.05) is 44.2 Å². The van der Waals surface area contributed by atoms with E-state index in [0.717, 1.165) is 5.56 Å². The molecule has 1 saturated heterocycles. The number of ketones is 1. The lowest BCUT2D eigenvalue weighted by Gasteiger charge is -2.18. The zero-order valence-electron chi connectivity index (χ0n) is 12.1. The number of nitrogens with one attached hydrogen (secondary N) is 1. The predicted molar refractivity (Wildman–Crippen MR) is 78.1 cm³/mol. The van der Waals surface area contributed by atoms with Crippen LogP contribution in [0.4, 0.5) is 0 Å². The highest BCUT2D eigenvalue weighted by Crippen LogP contribution is 2.11. The summed E-state index contributed by atoms with van der Waals surface area (Å²) in [5.74, 6) is 0.447. The SMILES string of the molecule is CC(C)C[C@H]1NC(=O)CN(Cc2ccccc2)CC1=O. The van der Waals surface area contributed by atoms with Crippen LogP contribution in [0.5, 0.6) is 0 Å². The van der Waals surface area contributed by atoms with E-state index in [4.69, 9.17) is 0 Å². The van der Waals surface area contributed by atoms with Crippen molar-refractivity contribution in [2.24, 2.45) is 5.92 Å². The molecule has 1 aliphatic rings. The Morgan fingerprint density at radius 1 is 1.20 bits per heavy atom. The molecular formula is C16H22N2O2. The van der Waals surface area contributed by atoms with E-state index in [0.29, 0.717) is 25.4 Å². The van der Waals surface area contributed by atoms with Crippen molar-refractivity contribution in [1.82, 2.24) is 10.2 Å².